The van der Waals surface area contributed by atoms with Crippen LogP contribution in [0.3, 0.4) is 0 Å². The van der Waals surface area contributed by atoms with Crippen LogP contribution in [0.15, 0.2) is 60.9 Å². The molecule has 1 amide bonds. The van der Waals surface area contributed by atoms with Gasteiger partial charge in [-0.05, 0) is 54.7 Å². The number of anilines is 2. The smallest absolute Gasteiger partial charge is 0.221 e. The van der Waals surface area contributed by atoms with E-state index in [0.29, 0.717) is 16.5 Å². The lowest BCUT2D eigenvalue weighted by molar-refractivity contribution is -0.114. The van der Waals surface area contributed by atoms with Crippen molar-refractivity contribution in [3.63, 3.8) is 0 Å². The van der Waals surface area contributed by atoms with E-state index in [1.54, 1.807) is 13.3 Å². The van der Waals surface area contributed by atoms with Gasteiger partial charge in [0.05, 0.1) is 24.5 Å². The number of carbonyl (C=O) groups excluding carboxylic acids is 1. The van der Waals surface area contributed by atoms with E-state index in [2.05, 4.69) is 31.2 Å². The summed E-state index contributed by atoms with van der Waals surface area (Å²) in [6.45, 7) is 1.47. The minimum Gasteiger partial charge on any atom is -0.495 e. The molecule has 1 aliphatic rings. The fourth-order valence-electron chi connectivity index (χ4n) is 3.85. The maximum Gasteiger partial charge on any atom is 0.221 e. The molecule has 1 fully saturated rings. The first-order valence-electron chi connectivity index (χ1n) is 9.57. The number of nitrogens with one attached hydrogen (secondary N) is 2. The van der Waals surface area contributed by atoms with Gasteiger partial charge in [0.2, 0.25) is 5.91 Å². The zero-order chi connectivity index (χ0) is 21.3. The SMILES string of the molecule is COc1ccc(N2C(=S)N[C@H](c3ccccn3)[C@H]2c2cccn2C)cc1NC(C)=O. The maximum atomic E-state index is 11.7. The molecule has 1 saturated heterocycles. The second kappa shape index (κ2) is 8.16. The van der Waals surface area contributed by atoms with Gasteiger partial charge in [-0.2, -0.15) is 0 Å². The van der Waals surface area contributed by atoms with Gasteiger partial charge in [0.25, 0.3) is 0 Å². The molecule has 1 aliphatic heterocycles. The molecular weight excluding hydrogens is 398 g/mol. The highest BCUT2D eigenvalue weighted by molar-refractivity contribution is 7.80. The largest absolute Gasteiger partial charge is 0.495 e. The van der Waals surface area contributed by atoms with E-state index >= 15 is 0 Å². The van der Waals surface area contributed by atoms with Crippen molar-refractivity contribution in [3.8, 4) is 5.75 Å². The number of carbonyl (C=O) groups is 1. The topological polar surface area (TPSA) is 71.4 Å². The predicted molar refractivity (Wildman–Crippen MR) is 121 cm³/mol. The highest BCUT2D eigenvalue weighted by atomic mass is 32.1. The number of thiocarbonyl (C=S) groups is 1. The third-order valence-corrected chi connectivity index (χ3v) is 5.47. The van der Waals surface area contributed by atoms with Crippen molar-refractivity contribution >= 4 is 34.6 Å². The Morgan fingerprint density at radius 2 is 2.07 bits per heavy atom. The standard InChI is InChI=1S/C22H23N5O2S/c1-14(28)24-17-13-15(9-10-19(17)29-3)27-21(18-8-6-12-26(18)2)20(25-22(27)30)16-7-4-5-11-23-16/h4-13,20-21H,1-3H3,(H,24,28)(H,25,30)/t20-,21-/m1/s1. The van der Waals surface area contributed by atoms with Crippen LogP contribution in [0.4, 0.5) is 11.4 Å². The van der Waals surface area contributed by atoms with Crippen LogP contribution >= 0.6 is 12.2 Å². The molecule has 0 bridgehead atoms. The van der Waals surface area contributed by atoms with Gasteiger partial charge in [-0.25, -0.2) is 0 Å². The average Bonchev–Trinajstić information content (AvgIpc) is 3.30. The Labute approximate surface area is 180 Å². The Bertz CT molecular complexity index is 1080. The van der Waals surface area contributed by atoms with E-state index in [9.17, 15) is 4.79 Å². The quantitative estimate of drug-likeness (QED) is 0.614. The van der Waals surface area contributed by atoms with Gasteiger partial charge >= 0.3 is 0 Å². The van der Waals surface area contributed by atoms with Crippen molar-refractivity contribution in [3.05, 3.63) is 72.3 Å². The maximum absolute atomic E-state index is 11.7. The van der Waals surface area contributed by atoms with Crippen LogP contribution in [0.5, 0.6) is 5.75 Å². The summed E-state index contributed by atoms with van der Waals surface area (Å²) in [5, 5.41) is 6.86. The lowest BCUT2D eigenvalue weighted by Crippen LogP contribution is -2.30. The Kier molecular flexibility index (Phi) is 5.41. The van der Waals surface area contributed by atoms with Crippen molar-refractivity contribution in [1.82, 2.24) is 14.9 Å². The number of pyridine rings is 1. The number of rotatable bonds is 5. The third kappa shape index (κ3) is 3.61. The minimum atomic E-state index is -0.169. The van der Waals surface area contributed by atoms with Crippen LogP contribution in [-0.2, 0) is 11.8 Å². The predicted octanol–water partition coefficient (Wildman–Crippen LogP) is 3.56. The first-order valence-corrected chi connectivity index (χ1v) is 9.98. The van der Waals surface area contributed by atoms with E-state index in [4.69, 9.17) is 17.0 Å². The molecule has 0 unspecified atom stereocenters. The molecule has 2 atom stereocenters. The summed E-state index contributed by atoms with van der Waals surface area (Å²) in [4.78, 5) is 18.3. The van der Waals surface area contributed by atoms with Crippen LogP contribution in [0.2, 0.25) is 0 Å². The van der Waals surface area contributed by atoms with Crippen molar-refractivity contribution in [2.24, 2.45) is 7.05 Å². The first kappa shape index (κ1) is 19.9. The first-order chi connectivity index (χ1) is 14.5. The molecule has 1 aromatic carbocycles. The van der Waals surface area contributed by atoms with Gasteiger partial charge in [-0.15, -0.1) is 0 Å². The minimum absolute atomic E-state index is 0.119. The zero-order valence-corrected chi connectivity index (χ0v) is 17.8. The second-order valence-corrected chi connectivity index (χ2v) is 7.49. The molecule has 2 aromatic heterocycles. The van der Waals surface area contributed by atoms with Gasteiger partial charge in [0, 0.05) is 37.7 Å². The number of hydrogen-bond donors (Lipinski definition) is 2. The van der Waals surface area contributed by atoms with Crippen LogP contribution in [0, 0.1) is 0 Å². The molecule has 7 nitrogen and oxygen atoms in total. The summed E-state index contributed by atoms with van der Waals surface area (Å²) in [5.41, 5.74) is 3.44. The number of methoxy groups -OCH3 is 1. The van der Waals surface area contributed by atoms with Crippen molar-refractivity contribution in [2.75, 3.05) is 17.3 Å². The molecule has 0 aliphatic carbocycles. The molecule has 3 aromatic rings. The summed E-state index contributed by atoms with van der Waals surface area (Å²) >= 11 is 5.75. The van der Waals surface area contributed by atoms with Crippen LogP contribution in [-0.4, -0.2) is 27.7 Å². The summed E-state index contributed by atoms with van der Waals surface area (Å²) in [6, 6.07) is 15.4. The lowest BCUT2D eigenvalue weighted by Gasteiger charge is -2.29. The van der Waals surface area contributed by atoms with Crippen molar-refractivity contribution < 1.29 is 9.53 Å². The van der Waals surface area contributed by atoms with Crippen LogP contribution in [0.1, 0.15) is 30.4 Å². The van der Waals surface area contributed by atoms with E-state index in [0.717, 1.165) is 17.1 Å². The monoisotopic (exact) mass is 421 g/mol. The van der Waals surface area contributed by atoms with Crippen LogP contribution < -0.4 is 20.3 Å². The van der Waals surface area contributed by atoms with E-state index in [1.807, 2.05) is 55.7 Å². The Morgan fingerprint density at radius 1 is 1.23 bits per heavy atom. The van der Waals surface area contributed by atoms with Gasteiger partial charge in [-0.3, -0.25) is 9.78 Å². The molecule has 154 valence electrons. The van der Waals surface area contributed by atoms with E-state index < -0.39 is 0 Å². The number of ether oxygens (including phenoxy) is 1. The molecule has 4 rings (SSSR count). The van der Waals surface area contributed by atoms with E-state index in [-0.39, 0.29) is 18.0 Å². The number of hydrogen-bond acceptors (Lipinski definition) is 4. The number of benzene rings is 1. The molecule has 30 heavy (non-hydrogen) atoms. The second-order valence-electron chi connectivity index (χ2n) is 7.11. The van der Waals surface area contributed by atoms with Gasteiger partial charge in [-0.1, -0.05) is 6.07 Å². The molecule has 2 N–H and O–H groups in total. The Morgan fingerprint density at radius 3 is 2.70 bits per heavy atom. The molecule has 0 saturated carbocycles. The van der Waals surface area contributed by atoms with Crippen LogP contribution in [0.25, 0.3) is 0 Å². The Balaban J connectivity index is 1.82. The Hall–Kier alpha value is -3.39. The van der Waals surface area contributed by atoms with Gasteiger partial charge in [0.15, 0.2) is 5.11 Å². The average molecular weight is 422 g/mol. The number of nitrogens with zero attached hydrogens (tertiary/aromatic N) is 3. The molecule has 0 spiro atoms. The summed E-state index contributed by atoms with van der Waals surface area (Å²) in [5.74, 6) is 0.418. The number of aryl methyl sites for hydroxylation is 1. The third-order valence-electron chi connectivity index (χ3n) is 5.16. The molecular formula is C22H23N5O2S. The highest BCUT2D eigenvalue weighted by Gasteiger charge is 2.41. The summed E-state index contributed by atoms with van der Waals surface area (Å²) in [7, 11) is 3.59. The molecule has 8 heteroatoms. The number of amides is 1. The molecule has 0 radical (unpaired) electrons. The highest BCUT2D eigenvalue weighted by Crippen LogP contribution is 2.43. The zero-order valence-electron chi connectivity index (χ0n) is 17.0. The van der Waals surface area contributed by atoms with Gasteiger partial charge in [0.1, 0.15) is 11.8 Å². The lowest BCUT2D eigenvalue weighted by atomic mass is 10.0. The van der Waals surface area contributed by atoms with E-state index in [1.165, 1.54) is 6.92 Å². The van der Waals surface area contributed by atoms with Gasteiger partial charge < -0.3 is 24.8 Å². The summed E-state index contributed by atoms with van der Waals surface area (Å²) < 4.78 is 7.49. The fourth-order valence-corrected chi connectivity index (χ4v) is 4.19. The fraction of sp³-hybridized carbons (Fsp3) is 0.227. The van der Waals surface area contributed by atoms with Crippen molar-refractivity contribution in [1.29, 1.82) is 0 Å². The normalized spacial score (nSPS) is 18.2. The summed E-state index contributed by atoms with van der Waals surface area (Å²) in [6.07, 6.45) is 3.80. The molecule has 3 heterocycles. The number of aromatic nitrogens is 2. The van der Waals surface area contributed by atoms with Crippen molar-refractivity contribution in [2.45, 2.75) is 19.0 Å².